The minimum atomic E-state index is -0.470. The molecular formula is C27H28BClN4O3. The summed E-state index contributed by atoms with van der Waals surface area (Å²) in [5.74, 6) is -0.117. The van der Waals surface area contributed by atoms with E-state index in [2.05, 4.69) is 10.3 Å². The van der Waals surface area contributed by atoms with Crippen molar-refractivity contribution < 1.29 is 14.1 Å². The van der Waals surface area contributed by atoms with Crippen LogP contribution in [0.3, 0.4) is 0 Å². The van der Waals surface area contributed by atoms with Gasteiger partial charge < -0.3 is 14.2 Å². The molecule has 1 aliphatic rings. The van der Waals surface area contributed by atoms with E-state index in [1.165, 1.54) is 0 Å². The molecule has 1 amide bonds. The molecule has 0 saturated carbocycles. The second kappa shape index (κ2) is 9.35. The molecule has 0 spiro atoms. The van der Waals surface area contributed by atoms with E-state index in [9.17, 15) is 4.79 Å². The maximum atomic E-state index is 13.6. The van der Waals surface area contributed by atoms with Crippen molar-refractivity contribution in [1.29, 1.82) is 0 Å². The van der Waals surface area contributed by atoms with Crippen molar-refractivity contribution in [3.63, 3.8) is 0 Å². The van der Waals surface area contributed by atoms with E-state index in [4.69, 9.17) is 20.9 Å². The summed E-state index contributed by atoms with van der Waals surface area (Å²) in [4.78, 5) is 15.3. The minimum Gasteiger partial charge on any atom is -0.399 e. The minimum absolute atomic E-state index is 0.0556. The van der Waals surface area contributed by atoms with E-state index < -0.39 is 18.3 Å². The highest BCUT2D eigenvalue weighted by molar-refractivity contribution is 6.62. The third-order valence-corrected chi connectivity index (χ3v) is 7.20. The van der Waals surface area contributed by atoms with E-state index in [0.29, 0.717) is 11.6 Å². The van der Waals surface area contributed by atoms with Gasteiger partial charge in [0.2, 0.25) is 5.91 Å². The largest absolute Gasteiger partial charge is 0.494 e. The third kappa shape index (κ3) is 4.76. The highest BCUT2D eigenvalue weighted by Crippen LogP contribution is 2.36. The lowest BCUT2D eigenvalue weighted by atomic mass is 9.79. The number of aromatic nitrogens is 3. The average molecular weight is 503 g/mol. The van der Waals surface area contributed by atoms with Gasteiger partial charge in [0.1, 0.15) is 12.1 Å². The molecule has 36 heavy (non-hydrogen) atoms. The van der Waals surface area contributed by atoms with Crippen LogP contribution in [-0.2, 0) is 27.2 Å². The van der Waals surface area contributed by atoms with Crippen LogP contribution < -0.4 is 10.4 Å². The van der Waals surface area contributed by atoms with Crippen molar-refractivity contribution in [2.45, 2.75) is 52.0 Å². The van der Waals surface area contributed by atoms with Crippen molar-refractivity contribution in [3.05, 3.63) is 83.4 Å². The van der Waals surface area contributed by atoms with Gasteiger partial charge in [-0.15, -0.1) is 5.10 Å². The fourth-order valence-corrected chi connectivity index (χ4v) is 4.39. The summed E-state index contributed by atoms with van der Waals surface area (Å²) in [6.45, 7) is 8.53. The normalized spacial score (nSPS) is 16.4. The molecule has 9 heteroatoms. The molecule has 0 atom stereocenters. The fourth-order valence-electron chi connectivity index (χ4n) is 4.18. The first kappa shape index (κ1) is 24.5. The Kier molecular flexibility index (Phi) is 6.36. The van der Waals surface area contributed by atoms with Gasteiger partial charge >= 0.3 is 7.12 Å². The maximum Gasteiger partial charge on any atom is 0.494 e. The van der Waals surface area contributed by atoms with Crippen LogP contribution in [0.5, 0.6) is 0 Å². The SMILES string of the molecule is CC1(C)OB(c2ccc(N(Cc3cccc(Cl)c3)C(=O)Cn3nnc4ccccc43)cc2)OC1(C)C. The molecule has 3 aromatic carbocycles. The van der Waals surface area contributed by atoms with Gasteiger partial charge in [0.05, 0.1) is 23.3 Å². The Hall–Kier alpha value is -3.20. The molecule has 5 rings (SSSR count). The number of hydrogen-bond acceptors (Lipinski definition) is 5. The van der Waals surface area contributed by atoms with Crippen LogP contribution in [0.25, 0.3) is 11.0 Å². The Bertz CT molecular complexity index is 1390. The smallest absolute Gasteiger partial charge is 0.399 e. The number of anilines is 1. The highest BCUT2D eigenvalue weighted by atomic mass is 35.5. The number of para-hydroxylation sites is 1. The van der Waals surface area contributed by atoms with Crippen LogP contribution in [-0.4, -0.2) is 39.2 Å². The Morgan fingerprint density at radius 1 is 0.972 bits per heavy atom. The van der Waals surface area contributed by atoms with Crippen LogP contribution >= 0.6 is 11.6 Å². The van der Waals surface area contributed by atoms with E-state index >= 15 is 0 Å². The quantitative estimate of drug-likeness (QED) is 0.360. The first-order valence-corrected chi connectivity index (χ1v) is 12.3. The Morgan fingerprint density at radius 2 is 1.67 bits per heavy atom. The van der Waals surface area contributed by atoms with Gasteiger partial charge in [-0.3, -0.25) is 4.79 Å². The molecule has 2 heterocycles. The van der Waals surface area contributed by atoms with Crippen molar-refractivity contribution in [1.82, 2.24) is 15.0 Å². The molecule has 1 aliphatic heterocycles. The zero-order valence-electron chi connectivity index (χ0n) is 20.8. The number of nitrogens with zero attached hydrogens (tertiary/aromatic N) is 4. The maximum absolute atomic E-state index is 13.6. The number of hydrogen-bond donors (Lipinski definition) is 0. The molecule has 7 nitrogen and oxygen atoms in total. The monoisotopic (exact) mass is 502 g/mol. The summed E-state index contributed by atoms with van der Waals surface area (Å²) >= 11 is 6.22. The third-order valence-electron chi connectivity index (χ3n) is 6.97. The molecule has 4 aromatic rings. The summed E-state index contributed by atoms with van der Waals surface area (Å²) in [5.41, 5.74) is 3.29. The number of fused-ring (bicyclic) bond motifs is 1. The first-order valence-electron chi connectivity index (χ1n) is 11.9. The number of carbonyl (C=O) groups excluding carboxylic acids is 1. The molecule has 0 bridgehead atoms. The molecule has 184 valence electrons. The molecule has 1 aromatic heterocycles. The average Bonchev–Trinajstić information content (AvgIpc) is 3.34. The summed E-state index contributed by atoms with van der Waals surface area (Å²) < 4.78 is 14.0. The fraction of sp³-hybridized carbons (Fsp3) is 0.296. The topological polar surface area (TPSA) is 69.5 Å². The van der Waals surface area contributed by atoms with Gasteiger partial charge in [0.25, 0.3) is 0 Å². The predicted octanol–water partition coefficient (Wildman–Crippen LogP) is 4.62. The highest BCUT2D eigenvalue weighted by Gasteiger charge is 2.51. The molecule has 1 saturated heterocycles. The predicted molar refractivity (Wildman–Crippen MR) is 142 cm³/mol. The summed E-state index contributed by atoms with van der Waals surface area (Å²) in [5, 5.41) is 8.99. The van der Waals surface area contributed by atoms with Crippen LogP contribution in [0.2, 0.25) is 5.02 Å². The molecular weight excluding hydrogens is 475 g/mol. The lowest BCUT2D eigenvalue weighted by Gasteiger charge is -2.32. The number of rotatable bonds is 6. The Morgan fingerprint density at radius 3 is 2.36 bits per heavy atom. The Balaban J connectivity index is 1.43. The van der Waals surface area contributed by atoms with E-state index in [1.54, 1.807) is 9.58 Å². The number of amides is 1. The zero-order chi connectivity index (χ0) is 25.5. The second-order valence-electron chi connectivity index (χ2n) is 10.0. The number of carbonyl (C=O) groups is 1. The molecule has 0 N–H and O–H groups in total. The molecule has 0 radical (unpaired) electrons. The summed E-state index contributed by atoms with van der Waals surface area (Å²) in [7, 11) is -0.470. The number of benzene rings is 3. The standard InChI is InChI=1S/C27H28BClN4O3/c1-26(2)27(3,4)36-28(35-26)20-12-14-22(15-13-20)32(17-19-8-7-9-21(29)16-19)25(34)18-33-24-11-6-5-10-23(24)30-31-33/h5-16H,17-18H2,1-4H3. The van der Waals surface area contributed by atoms with Crippen molar-refractivity contribution in [3.8, 4) is 0 Å². The van der Waals surface area contributed by atoms with Crippen molar-refractivity contribution >= 4 is 46.8 Å². The van der Waals surface area contributed by atoms with E-state index in [0.717, 1.165) is 27.7 Å². The lowest BCUT2D eigenvalue weighted by Crippen LogP contribution is -2.41. The van der Waals surface area contributed by atoms with Gasteiger partial charge in [-0.1, -0.05) is 53.2 Å². The van der Waals surface area contributed by atoms with Crippen LogP contribution in [0.1, 0.15) is 33.3 Å². The van der Waals surface area contributed by atoms with Gasteiger partial charge in [0, 0.05) is 10.7 Å². The van der Waals surface area contributed by atoms with E-state index in [-0.39, 0.29) is 12.5 Å². The van der Waals surface area contributed by atoms with Crippen LogP contribution in [0, 0.1) is 0 Å². The van der Waals surface area contributed by atoms with Crippen molar-refractivity contribution in [2.75, 3.05) is 4.90 Å². The summed E-state index contributed by atoms with van der Waals surface area (Å²) in [6.07, 6.45) is 0. The van der Waals surface area contributed by atoms with Crippen molar-refractivity contribution in [2.24, 2.45) is 0 Å². The summed E-state index contributed by atoms with van der Waals surface area (Å²) in [6, 6.07) is 22.8. The molecule has 0 unspecified atom stereocenters. The van der Waals surface area contributed by atoms with Gasteiger partial charge in [-0.25, -0.2) is 4.68 Å². The Labute approximate surface area is 216 Å². The van der Waals surface area contributed by atoms with Gasteiger partial charge in [-0.2, -0.15) is 0 Å². The van der Waals surface area contributed by atoms with Crippen LogP contribution in [0.4, 0.5) is 5.69 Å². The molecule has 0 aliphatic carbocycles. The van der Waals surface area contributed by atoms with Crippen LogP contribution in [0.15, 0.2) is 72.8 Å². The number of halogens is 1. The second-order valence-corrected chi connectivity index (χ2v) is 10.5. The lowest BCUT2D eigenvalue weighted by molar-refractivity contribution is -0.119. The first-order chi connectivity index (χ1) is 17.1. The molecule has 1 fully saturated rings. The van der Waals surface area contributed by atoms with Gasteiger partial charge in [0.15, 0.2) is 0 Å². The van der Waals surface area contributed by atoms with Gasteiger partial charge in [-0.05, 0) is 75.1 Å². The zero-order valence-corrected chi connectivity index (χ0v) is 21.6. The van der Waals surface area contributed by atoms with E-state index in [1.807, 2.05) is 100 Å².